The van der Waals surface area contributed by atoms with Crippen molar-refractivity contribution in [2.24, 2.45) is 0 Å². The van der Waals surface area contributed by atoms with Gasteiger partial charge in [0.2, 0.25) is 0 Å². The van der Waals surface area contributed by atoms with E-state index in [9.17, 15) is 14.7 Å². The van der Waals surface area contributed by atoms with Gasteiger partial charge in [-0.05, 0) is 55.0 Å². The number of nitrogens with zero attached hydrogens (tertiary/aromatic N) is 5. The molecular weight excluding hydrogens is 422 g/mol. The minimum absolute atomic E-state index is 0.0444. The summed E-state index contributed by atoms with van der Waals surface area (Å²) in [5.74, 6) is -0.248. The molecule has 1 aliphatic rings. The smallest absolute Gasteiger partial charge is 0.335 e. The Kier molecular flexibility index (Phi) is 5.39. The Labute approximate surface area is 189 Å². The molecule has 1 fully saturated rings. The number of ether oxygens (including phenoxy) is 1. The molecule has 1 unspecified atom stereocenters. The Balaban J connectivity index is 1.46. The molecule has 0 spiro atoms. The van der Waals surface area contributed by atoms with Crippen LogP contribution in [0.15, 0.2) is 65.7 Å². The summed E-state index contributed by atoms with van der Waals surface area (Å²) in [6, 6.07) is 14.1. The SMILES string of the molecule is COc1ccc(-n2c(=O)n(C3CCN(Cc4cc(C(=O)O)ccn4)C3)c3ncccc32)cc1. The van der Waals surface area contributed by atoms with Crippen LogP contribution in [-0.2, 0) is 6.54 Å². The lowest BCUT2D eigenvalue weighted by Crippen LogP contribution is -2.29. The molecule has 1 aliphatic heterocycles. The van der Waals surface area contributed by atoms with E-state index in [2.05, 4.69) is 14.9 Å². The van der Waals surface area contributed by atoms with Crippen LogP contribution in [0.4, 0.5) is 0 Å². The minimum atomic E-state index is -0.970. The first kappa shape index (κ1) is 20.9. The molecule has 1 saturated heterocycles. The van der Waals surface area contributed by atoms with Gasteiger partial charge in [0.15, 0.2) is 5.65 Å². The molecule has 5 rings (SSSR count). The number of carboxylic acids is 1. The van der Waals surface area contributed by atoms with Crippen molar-refractivity contribution in [1.29, 1.82) is 0 Å². The van der Waals surface area contributed by atoms with E-state index in [0.717, 1.165) is 29.9 Å². The predicted octanol–water partition coefficient (Wildman–Crippen LogP) is 2.74. The molecule has 0 saturated carbocycles. The van der Waals surface area contributed by atoms with Crippen molar-refractivity contribution in [2.75, 3.05) is 20.2 Å². The van der Waals surface area contributed by atoms with E-state index in [1.54, 1.807) is 28.5 Å². The largest absolute Gasteiger partial charge is 0.497 e. The molecule has 9 heteroatoms. The van der Waals surface area contributed by atoms with Crippen molar-refractivity contribution in [3.05, 3.63) is 82.7 Å². The number of benzene rings is 1. The quantitative estimate of drug-likeness (QED) is 0.487. The average molecular weight is 445 g/mol. The maximum absolute atomic E-state index is 13.6. The van der Waals surface area contributed by atoms with Crippen LogP contribution in [0.5, 0.6) is 5.75 Å². The zero-order chi connectivity index (χ0) is 22.9. The van der Waals surface area contributed by atoms with Gasteiger partial charge in [-0.15, -0.1) is 0 Å². The second kappa shape index (κ2) is 8.51. The monoisotopic (exact) mass is 445 g/mol. The summed E-state index contributed by atoms with van der Waals surface area (Å²) in [5, 5.41) is 9.22. The molecule has 1 atom stereocenters. The van der Waals surface area contributed by atoms with E-state index < -0.39 is 5.97 Å². The van der Waals surface area contributed by atoms with Crippen LogP contribution < -0.4 is 10.4 Å². The lowest BCUT2D eigenvalue weighted by molar-refractivity contribution is 0.0696. The van der Waals surface area contributed by atoms with Crippen LogP contribution >= 0.6 is 0 Å². The molecule has 3 aromatic heterocycles. The highest BCUT2D eigenvalue weighted by molar-refractivity contribution is 5.87. The first-order valence-corrected chi connectivity index (χ1v) is 10.7. The first-order valence-electron chi connectivity index (χ1n) is 10.7. The molecule has 1 N–H and O–H groups in total. The van der Waals surface area contributed by atoms with Gasteiger partial charge in [-0.1, -0.05) is 0 Å². The molecule has 0 radical (unpaired) electrons. The predicted molar refractivity (Wildman–Crippen MR) is 122 cm³/mol. The normalized spacial score (nSPS) is 16.3. The van der Waals surface area contributed by atoms with Gasteiger partial charge in [0, 0.05) is 32.0 Å². The van der Waals surface area contributed by atoms with Crippen LogP contribution in [0.1, 0.15) is 28.5 Å². The van der Waals surface area contributed by atoms with E-state index in [-0.39, 0.29) is 17.3 Å². The minimum Gasteiger partial charge on any atom is -0.497 e. The molecule has 9 nitrogen and oxygen atoms in total. The maximum Gasteiger partial charge on any atom is 0.335 e. The highest BCUT2D eigenvalue weighted by Crippen LogP contribution is 2.27. The lowest BCUT2D eigenvalue weighted by atomic mass is 10.2. The van der Waals surface area contributed by atoms with Gasteiger partial charge >= 0.3 is 11.7 Å². The Bertz CT molecular complexity index is 1380. The van der Waals surface area contributed by atoms with Crippen LogP contribution in [0.2, 0.25) is 0 Å². The number of hydrogen-bond acceptors (Lipinski definition) is 6. The number of fused-ring (bicyclic) bond motifs is 1. The number of hydrogen-bond donors (Lipinski definition) is 1. The fourth-order valence-corrected chi connectivity index (χ4v) is 4.45. The summed E-state index contributed by atoms with van der Waals surface area (Å²) in [6.07, 6.45) is 4.00. The van der Waals surface area contributed by atoms with Crippen LogP contribution in [-0.4, -0.2) is 55.3 Å². The fourth-order valence-electron chi connectivity index (χ4n) is 4.45. The number of methoxy groups -OCH3 is 1. The third kappa shape index (κ3) is 3.87. The number of carbonyl (C=O) groups is 1. The molecule has 0 bridgehead atoms. The van der Waals surface area contributed by atoms with Crippen molar-refractivity contribution in [2.45, 2.75) is 19.0 Å². The Morgan fingerprint density at radius 1 is 1.15 bits per heavy atom. The molecular formula is C24H23N5O4. The van der Waals surface area contributed by atoms with Crippen LogP contribution in [0.3, 0.4) is 0 Å². The standard InChI is InChI=1S/C24H23N5O4/c1-33-20-6-4-18(5-7-20)28-21-3-2-10-26-22(21)29(24(28)32)19-9-12-27(15-19)14-17-13-16(23(30)31)8-11-25-17/h2-8,10-11,13,19H,9,12,14-15H2,1H3,(H,30,31). The fraction of sp³-hybridized carbons (Fsp3) is 0.250. The second-order valence-corrected chi connectivity index (χ2v) is 8.05. The number of pyridine rings is 2. The molecule has 4 aromatic rings. The van der Waals surface area contributed by atoms with Crippen molar-refractivity contribution in [3.8, 4) is 11.4 Å². The first-order chi connectivity index (χ1) is 16.0. The zero-order valence-corrected chi connectivity index (χ0v) is 18.1. The van der Waals surface area contributed by atoms with E-state index in [1.165, 1.54) is 12.3 Å². The third-order valence-electron chi connectivity index (χ3n) is 6.02. The number of aromatic nitrogens is 4. The van der Waals surface area contributed by atoms with Crippen LogP contribution in [0.25, 0.3) is 16.9 Å². The Hall–Kier alpha value is -3.98. The summed E-state index contributed by atoms with van der Waals surface area (Å²) in [7, 11) is 1.61. The third-order valence-corrected chi connectivity index (χ3v) is 6.02. The number of rotatable bonds is 6. The molecule has 0 amide bonds. The summed E-state index contributed by atoms with van der Waals surface area (Å²) >= 11 is 0. The van der Waals surface area contributed by atoms with Gasteiger partial charge in [0.05, 0.1) is 35.6 Å². The van der Waals surface area contributed by atoms with Crippen LogP contribution in [0, 0.1) is 0 Å². The molecule has 168 valence electrons. The van der Waals surface area contributed by atoms with Gasteiger partial charge in [-0.3, -0.25) is 19.0 Å². The molecule has 1 aromatic carbocycles. The van der Waals surface area contributed by atoms with Crippen molar-refractivity contribution in [3.63, 3.8) is 0 Å². The Morgan fingerprint density at radius 2 is 1.97 bits per heavy atom. The summed E-state index contributed by atoms with van der Waals surface area (Å²) < 4.78 is 8.70. The summed E-state index contributed by atoms with van der Waals surface area (Å²) in [6.45, 7) is 1.95. The highest BCUT2D eigenvalue weighted by Gasteiger charge is 2.29. The van der Waals surface area contributed by atoms with Crippen molar-refractivity contribution >= 4 is 17.1 Å². The van der Waals surface area contributed by atoms with Gasteiger partial charge in [0.25, 0.3) is 0 Å². The van der Waals surface area contributed by atoms with E-state index >= 15 is 0 Å². The van der Waals surface area contributed by atoms with Gasteiger partial charge in [-0.25, -0.2) is 14.6 Å². The molecule has 33 heavy (non-hydrogen) atoms. The van der Waals surface area contributed by atoms with Gasteiger partial charge in [-0.2, -0.15) is 0 Å². The zero-order valence-electron chi connectivity index (χ0n) is 18.1. The number of aromatic carboxylic acids is 1. The van der Waals surface area contributed by atoms with Crippen molar-refractivity contribution in [1.82, 2.24) is 24.0 Å². The maximum atomic E-state index is 13.6. The van der Waals surface area contributed by atoms with E-state index in [0.29, 0.717) is 24.4 Å². The number of carboxylic acid groups (broad SMARTS) is 1. The second-order valence-electron chi connectivity index (χ2n) is 8.05. The Morgan fingerprint density at radius 3 is 2.73 bits per heavy atom. The lowest BCUT2D eigenvalue weighted by Gasteiger charge is -2.16. The van der Waals surface area contributed by atoms with Gasteiger partial charge < -0.3 is 9.84 Å². The molecule has 0 aliphatic carbocycles. The molecule has 4 heterocycles. The summed E-state index contributed by atoms with van der Waals surface area (Å²) in [5.41, 5.74) is 2.94. The van der Waals surface area contributed by atoms with E-state index in [4.69, 9.17) is 4.74 Å². The summed E-state index contributed by atoms with van der Waals surface area (Å²) in [4.78, 5) is 35.8. The number of likely N-dealkylation sites (tertiary alicyclic amines) is 1. The number of imidazole rings is 1. The van der Waals surface area contributed by atoms with Crippen molar-refractivity contribution < 1.29 is 14.6 Å². The van der Waals surface area contributed by atoms with E-state index in [1.807, 2.05) is 36.4 Å². The van der Waals surface area contributed by atoms with Gasteiger partial charge in [0.1, 0.15) is 5.75 Å². The average Bonchev–Trinajstić information content (AvgIpc) is 3.40. The highest BCUT2D eigenvalue weighted by atomic mass is 16.5. The topological polar surface area (TPSA) is 102 Å².